The molecule has 8 nitrogen and oxygen atoms in total. The summed E-state index contributed by atoms with van der Waals surface area (Å²) in [6, 6.07) is 23.0. The van der Waals surface area contributed by atoms with Gasteiger partial charge in [-0.05, 0) is 48.5 Å². The van der Waals surface area contributed by atoms with Crippen molar-refractivity contribution in [3.05, 3.63) is 94.0 Å². The molecule has 41 heavy (non-hydrogen) atoms. The van der Waals surface area contributed by atoms with Crippen LogP contribution in [0.2, 0.25) is 10.0 Å². The van der Waals surface area contributed by atoms with Crippen LogP contribution in [0.4, 0.5) is 23.1 Å². The highest BCUT2D eigenvalue weighted by Crippen LogP contribution is 2.37. The number of nitriles is 1. The summed E-state index contributed by atoms with van der Waals surface area (Å²) in [6.45, 7) is 0. The van der Waals surface area contributed by atoms with Crippen molar-refractivity contribution in [2.75, 3.05) is 24.9 Å². The zero-order valence-electron chi connectivity index (χ0n) is 21.8. The van der Waals surface area contributed by atoms with Crippen molar-refractivity contribution in [1.29, 1.82) is 5.26 Å². The molecule has 4 aromatic carbocycles. The van der Waals surface area contributed by atoms with Crippen molar-refractivity contribution in [3.63, 3.8) is 0 Å². The Morgan fingerprint density at radius 1 is 0.805 bits per heavy atom. The van der Waals surface area contributed by atoms with Gasteiger partial charge in [-0.25, -0.2) is 4.98 Å². The number of rotatable bonds is 8. The van der Waals surface area contributed by atoms with Crippen LogP contribution in [0.1, 0.15) is 11.1 Å². The van der Waals surface area contributed by atoms with Crippen LogP contribution >= 0.6 is 23.2 Å². The van der Waals surface area contributed by atoms with Crippen molar-refractivity contribution in [1.82, 2.24) is 9.97 Å². The van der Waals surface area contributed by atoms with Gasteiger partial charge in [-0.1, -0.05) is 35.2 Å². The second kappa shape index (κ2) is 11.9. The number of nitrogens with one attached hydrogen (secondary N) is 2. The summed E-state index contributed by atoms with van der Waals surface area (Å²) in [5, 5.41) is 17.0. The topological polar surface area (TPSA) is 101 Å². The summed E-state index contributed by atoms with van der Waals surface area (Å²) >= 11 is 12.6. The predicted molar refractivity (Wildman–Crippen MR) is 161 cm³/mol. The minimum absolute atomic E-state index is 0.278. The summed E-state index contributed by atoms with van der Waals surface area (Å²) < 4.78 is 16.9. The summed E-state index contributed by atoms with van der Waals surface area (Å²) in [4.78, 5) is 9.45. The number of methoxy groups -OCH3 is 2. The molecule has 0 aliphatic carbocycles. The van der Waals surface area contributed by atoms with E-state index in [0.717, 1.165) is 11.3 Å². The Morgan fingerprint density at radius 3 is 2.32 bits per heavy atom. The third kappa shape index (κ3) is 6.05. The molecule has 5 aromatic rings. The van der Waals surface area contributed by atoms with E-state index < -0.39 is 0 Å². The van der Waals surface area contributed by atoms with Crippen LogP contribution in [0, 0.1) is 23.7 Å². The van der Waals surface area contributed by atoms with E-state index >= 15 is 0 Å². The third-order valence-electron chi connectivity index (χ3n) is 5.97. The van der Waals surface area contributed by atoms with Gasteiger partial charge in [0.05, 0.1) is 35.3 Å². The van der Waals surface area contributed by atoms with Crippen molar-refractivity contribution >= 4 is 57.2 Å². The van der Waals surface area contributed by atoms with Crippen molar-refractivity contribution in [2.24, 2.45) is 0 Å². The van der Waals surface area contributed by atoms with E-state index in [9.17, 15) is 0 Å². The molecule has 2 N–H and O–H groups in total. The molecule has 0 atom stereocenters. The average molecular weight is 582 g/mol. The lowest BCUT2D eigenvalue weighted by atomic mass is 10.2. The summed E-state index contributed by atoms with van der Waals surface area (Å²) in [5.74, 6) is 5.31. The molecule has 0 amide bonds. The van der Waals surface area contributed by atoms with Crippen LogP contribution in [0.5, 0.6) is 23.0 Å². The van der Waals surface area contributed by atoms with Gasteiger partial charge in [-0.15, -0.1) is 6.42 Å². The highest BCUT2D eigenvalue weighted by atomic mass is 35.5. The number of benzene rings is 4. The van der Waals surface area contributed by atoms with Crippen molar-refractivity contribution in [2.45, 2.75) is 0 Å². The molecule has 0 unspecified atom stereocenters. The van der Waals surface area contributed by atoms with E-state index in [1.807, 2.05) is 36.4 Å². The second-order valence-corrected chi connectivity index (χ2v) is 9.41. The summed E-state index contributed by atoms with van der Waals surface area (Å²) in [7, 11) is 3.13. The fraction of sp³-hybridized carbons (Fsp3) is 0.0645. The minimum atomic E-state index is 0.278. The summed E-state index contributed by atoms with van der Waals surface area (Å²) in [5.41, 5.74) is 3.05. The van der Waals surface area contributed by atoms with E-state index in [4.69, 9.17) is 59.1 Å². The van der Waals surface area contributed by atoms with Gasteiger partial charge in [-0.2, -0.15) is 10.2 Å². The second-order valence-electron chi connectivity index (χ2n) is 8.60. The van der Waals surface area contributed by atoms with Crippen molar-refractivity contribution < 1.29 is 14.2 Å². The Morgan fingerprint density at radius 2 is 1.59 bits per heavy atom. The van der Waals surface area contributed by atoms with Crippen LogP contribution in [0.15, 0.2) is 72.8 Å². The molecule has 10 heteroatoms. The Hall–Kier alpha value is -5.15. The zero-order valence-corrected chi connectivity index (χ0v) is 23.3. The number of aromatic nitrogens is 2. The number of halogens is 2. The highest BCUT2D eigenvalue weighted by Gasteiger charge is 2.15. The number of hydrogen-bond acceptors (Lipinski definition) is 8. The maximum absolute atomic E-state index is 9.12. The predicted octanol–water partition coefficient (Wildman–Crippen LogP) is 8.09. The van der Waals surface area contributed by atoms with Crippen LogP contribution < -0.4 is 24.8 Å². The van der Waals surface area contributed by atoms with E-state index in [-0.39, 0.29) is 5.02 Å². The smallest absolute Gasteiger partial charge is 0.229 e. The quantitative estimate of drug-likeness (QED) is 0.177. The highest BCUT2D eigenvalue weighted by molar-refractivity contribution is 6.32. The molecule has 5 rings (SSSR count). The SMILES string of the molecule is C#Cc1cccc(Nc2nc(Nc3ccc(Cl)c(Oc4ccc(C#N)c(Cl)c4)c3)nc3cc(OC)c(OC)cc23)c1. The number of nitrogens with zero attached hydrogens (tertiary/aromatic N) is 3. The lowest BCUT2D eigenvalue weighted by Gasteiger charge is -2.15. The molecule has 1 heterocycles. The first-order valence-electron chi connectivity index (χ1n) is 12.1. The number of terminal acetylenes is 1. The van der Waals surface area contributed by atoms with Gasteiger partial charge >= 0.3 is 0 Å². The first-order chi connectivity index (χ1) is 19.9. The van der Waals surface area contributed by atoms with Gasteiger partial charge < -0.3 is 24.8 Å². The van der Waals surface area contributed by atoms with E-state index in [1.54, 1.807) is 56.7 Å². The van der Waals surface area contributed by atoms with Crippen LogP contribution in [-0.4, -0.2) is 24.2 Å². The molecule has 0 fully saturated rings. The van der Waals surface area contributed by atoms with Crippen LogP contribution in [0.3, 0.4) is 0 Å². The molecule has 0 saturated carbocycles. The largest absolute Gasteiger partial charge is 0.493 e. The first kappa shape index (κ1) is 27.4. The lowest BCUT2D eigenvalue weighted by Crippen LogP contribution is -2.03. The van der Waals surface area contributed by atoms with Gasteiger partial charge in [-0.3, -0.25) is 0 Å². The zero-order chi connectivity index (χ0) is 28.9. The average Bonchev–Trinajstić information content (AvgIpc) is 2.98. The molecule has 0 spiro atoms. The number of ether oxygens (including phenoxy) is 3. The number of hydrogen-bond donors (Lipinski definition) is 2. The molecule has 0 radical (unpaired) electrons. The molecule has 0 aliphatic rings. The lowest BCUT2D eigenvalue weighted by molar-refractivity contribution is 0.356. The third-order valence-corrected chi connectivity index (χ3v) is 6.59. The van der Waals surface area contributed by atoms with Crippen LogP contribution in [0.25, 0.3) is 10.9 Å². The minimum Gasteiger partial charge on any atom is -0.493 e. The van der Waals surface area contributed by atoms with Gasteiger partial charge in [0.25, 0.3) is 0 Å². The molecular formula is C31H21Cl2N5O3. The van der Waals surface area contributed by atoms with E-state index in [0.29, 0.717) is 61.9 Å². The Kier molecular flexibility index (Phi) is 7.98. The molecule has 0 bridgehead atoms. The Bertz CT molecular complexity index is 1860. The Balaban J connectivity index is 1.52. The fourth-order valence-electron chi connectivity index (χ4n) is 4.00. The summed E-state index contributed by atoms with van der Waals surface area (Å²) in [6.07, 6.45) is 5.59. The molecule has 1 aromatic heterocycles. The molecule has 0 aliphatic heterocycles. The maximum atomic E-state index is 9.12. The standard InChI is InChI=1S/C31H21Cl2N5O3/c1-4-18-6-5-7-20(12-18)35-30-23-15-28(39-2)29(40-3)16-26(23)37-31(38-30)36-21-9-11-24(32)27(13-21)41-22-10-8-19(17-34)25(33)14-22/h1,5-16H,2-3H3,(H2,35,36,37,38). The molecule has 0 saturated heterocycles. The van der Waals surface area contributed by atoms with Gasteiger partial charge in [0.1, 0.15) is 23.4 Å². The number of fused-ring (bicyclic) bond motifs is 1. The molecule has 202 valence electrons. The monoisotopic (exact) mass is 581 g/mol. The van der Waals surface area contributed by atoms with E-state index in [2.05, 4.69) is 16.6 Å². The number of anilines is 4. The van der Waals surface area contributed by atoms with Crippen molar-refractivity contribution in [3.8, 4) is 41.4 Å². The van der Waals surface area contributed by atoms with Crippen LogP contribution in [-0.2, 0) is 0 Å². The maximum Gasteiger partial charge on any atom is 0.229 e. The first-order valence-corrected chi connectivity index (χ1v) is 12.9. The van der Waals surface area contributed by atoms with Gasteiger partial charge in [0, 0.05) is 40.5 Å². The van der Waals surface area contributed by atoms with Gasteiger partial charge in [0.15, 0.2) is 11.5 Å². The van der Waals surface area contributed by atoms with Gasteiger partial charge in [0.2, 0.25) is 5.95 Å². The normalized spacial score (nSPS) is 10.4. The van der Waals surface area contributed by atoms with E-state index in [1.165, 1.54) is 0 Å². The molecular weight excluding hydrogens is 561 g/mol. The Labute approximate surface area is 246 Å². The fourth-order valence-corrected chi connectivity index (χ4v) is 4.36.